The molecule has 1 heterocycles. The summed E-state index contributed by atoms with van der Waals surface area (Å²) in [6.07, 6.45) is 1.39. The number of rotatable bonds is 5. The first-order valence-electron chi connectivity index (χ1n) is 6.14. The number of hydrogen-bond acceptors (Lipinski definition) is 5. The molecule has 0 spiro atoms. The minimum absolute atomic E-state index is 0.0328. The van der Waals surface area contributed by atoms with Crippen LogP contribution in [-0.2, 0) is 10.0 Å². The van der Waals surface area contributed by atoms with Crippen molar-refractivity contribution in [2.45, 2.75) is 24.8 Å². The van der Waals surface area contributed by atoms with E-state index in [1.165, 1.54) is 12.3 Å². The van der Waals surface area contributed by atoms with E-state index in [1.54, 1.807) is 19.1 Å². The van der Waals surface area contributed by atoms with E-state index >= 15 is 0 Å². The highest BCUT2D eigenvalue weighted by molar-refractivity contribution is 7.92. The van der Waals surface area contributed by atoms with Gasteiger partial charge in [0.15, 0.2) is 0 Å². The third kappa shape index (κ3) is 3.17. The van der Waals surface area contributed by atoms with Crippen LogP contribution in [0, 0.1) is 6.92 Å². The fourth-order valence-electron chi connectivity index (χ4n) is 1.69. The summed E-state index contributed by atoms with van der Waals surface area (Å²) >= 11 is 0. The molecule has 2 aromatic rings. The Labute approximate surface area is 118 Å². The predicted molar refractivity (Wildman–Crippen MR) is 76.0 cm³/mol. The highest BCUT2D eigenvalue weighted by Gasteiger charge is 2.18. The number of aromatic nitrogens is 1. The standard InChI is InChI=1S/C13H17N3O3S/c1-9-8-19-13(15-9)16-20(17,18)12-6-4-5-11(7-12)10(2)14-3/h4-8,10,14H,1-3H3,(H,15,16). The lowest BCUT2D eigenvalue weighted by molar-refractivity contribution is 0.569. The molecule has 0 fully saturated rings. The summed E-state index contributed by atoms with van der Waals surface area (Å²) in [5.74, 6) is 0. The summed E-state index contributed by atoms with van der Waals surface area (Å²) in [6, 6.07) is 6.76. The van der Waals surface area contributed by atoms with E-state index in [9.17, 15) is 8.42 Å². The maximum Gasteiger partial charge on any atom is 0.309 e. The Kier molecular flexibility index (Phi) is 4.10. The van der Waals surface area contributed by atoms with Gasteiger partial charge in [-0.2, -0.15) is 4.98 Å². The van der Waals surface area contributed by atoms with Gasteiger partial charge in [-0.25, -0.2) is 13.1 Å². The number of nitrogens with one attached hydrogen (secondary N) is 2. The van der Waals surface area contributed by atoms with Crippen molar-refractivity contribution in [2.75, 3.05) is 11.8 Å². The monoisotopic (exact) mass is 295 g/mol. The molecular formula is C13H17N3O3S. The lowest BCUT2D eigenvalue weighted by Gasteiger charge is -2.12. The number of nitrogens with zero attached hydrogens (tertiary/aromatic N) is 1. The van der Waals surface area contributed by atoms with E-state index in [1.807, 2.05) is 20.0 Å². The van der Waals surface area contributed by atoms with Gasteiger partial charge in [0.05, 0.1) is 10.6 Å². The van der Waals surface area contributed by atoms with Gasteiger partial charge in [0.25, 0.3) is 10.0 Å². The Morgan fingerprint density at radius 1 is 1.35 bits per heavy atom. The highest BCUT2D eigenvalue weighted by Crippen LogP contribution is 2.19. The first-order chi connectivity index (χ1) is 9.42. The van der Waals surface area contributed by atoms with E-state index in [0.29, 0.717) is 5.69 Å². The normalized spacial score (nSPS) is 13.2. The number of anilines is 1. The van der Waals surface area contributed by atoms with Crippen molar-refractivity contribution in [3.8, 4) is 0 Å². The van der Waals surface area contributed by atoms with Gasteiger partial charge in [-0.05, 0) is 38.6 Å². The Bertz CT molecular complexity index is 694. The molecule has 2 rings (SSSR count). The van der Waals surface area contributed by atoms with Gasteiger partial charge in [0.1, 0.15) is 6.26 Å². The lowest BCUT2D eigenvalue weighted by atomic mass is 10.1. The van der Waals surface area contributed by atoms with Gasteiger partial charge >= 0.3 is 6.01 Å². The highest BCUT2D eigenvalue weighted by atomic mass is 32.2. The molecule has 0 bridgehead atoms. The molecule has 0 saturated carbocycles. The third-order valence-electron chi connectivity index (χ3n) is 2.94. The molecule has 0 saturated heterocycles. The molecule has 20 heavy (non-hydrogen) atoms. The summed E-state index contributed by atoms with van der Waals surface area (Å²) in [5.41, 5.74) is 1.50. The van der Waals surface area contributed by atoms with Crippen LogP contribution in [0.3, 0.4) is 0 Å². The largest absolute Gasteiger partial charge is 0.431 e. The molecule has 1 atom stereocenters. The van der Waals surface area contributed by atoms with Gasteiger partial charge in [-0.1, -0.05) is 12.1 Å². The van der Waals surface area contributed by atoms with Crippen LogP contribution in [0.5, 0.6) is 0 Å². The van der Waals surface area contributed by atoms with Crippen LogP contribution < -0.4 is 10.0 Å². The van der Waals surface area contributed by atoms with Gasteiger partial charge in [0, 0.05) is 6.04 Å². The van der Waals surface area contributed by atoms with Crippen molar-refractivity contribution in [3.05, 3.63) is 41.8 Å². The zero-order valence-electron chi connectivity index (χ0n) is 11.5. The Balaban J connectivity index is 2.29. The summed E-state index contributed by atoms with van der Waals surface area (Å²) in [4.78, 5) is 4.10. The third-order valence-corrected chi connectivity index (χ3v) is 4.26. The van der Waals surface area contributed by atoms with Crippen molar-refractivity contribution in [3.63, 3.8) is 0 Å². The molecule has 1 aromatic carbocycles. The molecule has 1 unspecified atom stereocenters. The number of sulfonamides is 1. The van der Waals surface area contributed by atoms with Gasteiger partial charge in [-0.3, -0.25) is 0 Å². The quantitative estimate of drug-likeness (QED) is 0.882. The zero-order chi connectivity index (χ0) is 14.8. The molecule has 6 nitrogen and oxygen atoms in total. The van der Waals surface area contributed by atoms with Crippen molar-refractivity contribution in [1.82, 2.24) is 10.3 Å². The first-order valence-corrected chi connectivity index (χ1v) is 7.63. The van der Waals surface area contributed by atoms with E-state index in [-0.39, 0.29) is 17.0 Å². The average molecular weight is 295 g/mol. The van der Waals surface area contributed by atoms with Gasteiger partial charge in [-0.15, -0.1) is 0 Å². The molecule has 108 valence electrons. The molecule has 0 aliphatic heterocycles. The zero-order valence-corrected chi connectivity index (χ0v) is 12.4. The topological polar surface area (TPSA) is 84.2 Å². The first kappa shape index (κ1) is 14.5. The molecular weight excluding hydrogens is 278 g/mol. The van der Waals surface area contributed by atoms with Crippen molar-refractivity contribution >= 4 is 16.0 Å². The van der Waals surface area contributed by atoms with Crippen LogP contribution in [0.4, 0.5) is 6.01 Å². The summed E-state index contributed by atoms with van der Waals surface area (Å²) in [7, 11) is -1.88. The molecule has 0 amide bonds. The van der Waals surface area contributed by atoms with E-state index in [2.05, 4.69) is 15.0 Å². The maximum atomic E-state index is 12.2. The van der Waals surface area contributed by atoms with Gasteiger partial charge in [0.2, 0.25) is 0 Å². The van der Waals surface area contributed by atoms with Crippen LogP contribution in [-0.4, -0.2) is 20.4 Å². The molecule has 0 radical (unpaired) electrons. The van der Waals surface area contributed by atoms with E-state index in [0.717, 1.165) is 5.56 Å². The van der Waals surface area contributed by atoms with E-state index in [4.69, 9.17) is 4.42 Å². The molecule has 2 N–H and O–H groups in total. The summed E-state index contributed by atoms with van der Waals surface area (Å²) in [5, 5.41) is 3.07. The van der Waals surface area contributed by atoms with Crippen LogP contribution in [0.2, 0.25) is 0 Å². The van der Waals surface area contributed by atoms with Crippen molar-refractivity contribution < 1.29 is 12.8 Å². The number of oxazole rings is 1. The van der Waals surface area contributed by atoms with Crippen LogP contribution in [0.25, 0.3) is 0 Å². The minimum Gasteiger partial charge on any atom is -0.431 e. The molecule has 7 heteroatoms. The number of aryl methyl sites for hydroxylation is 1. The molecule has 0 aliphatic rings. The van der Waals surface area contributed by atoms with Crippen molar-refractivity contribution in [2.24, 2.45) is 0 Å². The maximum absolute atomic E-state index is 12.2. The second-order valence-electron chi connectivity index (χ2n) is 4.48. The Morgan fingerprint density at radius 2 is 2.10 bits per heavy atom. The average Bonchev–Trinajstić information content (AvgIpc) is 2.82. The van der Waals surface area contributed by atoms with Crippen LogP contribution >= 0.6 is 0 Å². The molecule has 0 aliphatic carbocycles. The Hall–Kier alpha value is -1.86. The smallest absolute Gasteiger partial charge is 0.309 e. The lowest BCUT2D eigenvalue weighted by Crippen LogP contribution is -2.16. The SMILES string of the molecule is CNC(C)c1cccc(S(=O)(=O)Nc2nc(C)co2)c1. The van der Waals surface area contributed by atoms with E-state index < -0.39 is 10.0 Å². The fraction of sp³-hybridized carbons (Fsp3) is 0.308. The fourth-order valence-corrected chi connectivity index (χ4v) is 2.68. The van der Waals surface area contributed by atoms with Gasteiger partial charge < -0.3 is 9.73 Å². The number of benzene rings is 1. The second-order valence-corrected chi connectivity index (χ2v) is 6.16. The predicted octanol–water partition coefficient (Wildman–Crippen LogP) is 2.06. The number of hydrogen-bond donors (Lipinski definition) is 2. The minimum atomic E-state index is -3.70. The van der Waals surface area contributed by atoms with Crippen LogP contribution in [0.15, 0.2) is 39.8 Å². The summed E-state index contributed by atoms with van der Waals surface area (Å²) < 4.78 is 31.8. The summed E-state index contributed by atoms with van der Waals surface area (Å²) in [6.45, 7) is 3.67. The van der Waals surface area contributed by atoms with Crippen molar-refractivity contribution in [1.29, 1.82) is 0 Å². The molecule has 1 aromatic heterocycles. The van der Waals surface area contributed by atoms with Crippen LogP contribution in [0.1, 0.15) is 24.2 Å². The second kappa shape index (κ2) is 5.64. The Morgan fingerprint density at radius 3 is 2.70 bits per heavy atom.